The van der Waals surface area contributed by atoms with Crippen LogP contribution >= 0.6 is 11.6 Å². The van der Waals surface area contributed by atoms with Crippen LogP contribution in [-0.2, 0) is 0 Å². The van der Waals surface area contributed by atoms with Gasteiger partial charge in [-0.05, 0) is 36.8 Å². The van der Waals surface area contributed by atoms with E-state index in [9.17, 15) is 13.2 Å². The zero-order valence-corrected chi connectivity index (χ0v) is 11.9. The molecule has 0 saturated carbocycles. The summed E-state index contributed by atoms with van der Waals surface area (Å²) in [6.07, 6.45) is 0. The Hall–Kier alpha value is -1.88. The first-order valence-corrected chi connectivity index (χ1v) is 6.60. The largest absolute Gasteiger partial charge is 0.432 e. The van der Waals surface area contributed by atoms with E-state index >= 15 is 0 Å². The number of hydrogen-bond donors (Lipinski definition) is 1. The van der Waals surface area contributed by atoms with Gasteiger partial charge in [-0.25, -0.2) is 4.39 Å². The summed E-state index contributed by atoms with van der Waals surface area (Å²) in [5.41, 5.74) is 1.43. The second-order valence-corrected chi connectivity index (χ2v) is 4.88. The summed E-state index contributed by atoms with van der Waals surface area (Å²) in [7, 11) is 0. The molecule has 1 unspecified atom stereocenters. The number of alkyl halides is 2. The van der Waals surface area contributed by atoms with Crippen LogP contribution in [0.2, 0.25) is 5.02 Å². The molecule has 2 nitrogen and oxygen atoms in total. The van der Waals surface area contributed by atoms with Crippen LogP contribution in [0.4, 0.5) is 18.9 Å². The molecule has 0 saturated heterocycles. The highest BCUT2D eigenvalue weighted by Gasteiger charge is 2.11. The molecule has 0 radical (unpaired) electrons. The maximum Gasteiger partial charge on any atom is 0.387 e. The monoisotopic (exact) mass is 315 g/mol. The Kier molecular flexibility index (Phi) is 4.96. The van der Waals surface area contributed by atoms with Crippen molar-refractivity contribution in [1.29, 1.82) is 0 Å². The molecule has 0 fully saturated rings. The molecule has 112 valence electrons. The molecule has 1 N–H and O–H groups in total. The predicted molar refractivity (Wildman–Crippen MR) is 76.5 cm³/mol. The predicted octanol–water partition coefficient (Wildman–Crippen LogP) is 5.25. The Morgan fingerprint density at radius 1 is 1.10 bits per heavy atom. The van der Waals surface area contributed by atoms with Crippen molar-refractivity contribution in [2.45, 2.75) is 19.6 Å². The van der Waals surface area contributed by atoms with E-state index < -0.39 is 18.2 Å². The average Bonchev–Trinajstić information content (AvgIpc) is 2.42. The van der Waals surface area contributed by atoms with E-state index in [0.29, 0.717) is 10.7 Å². The van der Waals surface area contributed by atoms with Gasteiger partial charge in [-0.3, -0.25) is 0 Å². The smallest absolute Gasteiger partial charge is 0.387 e. The fourth-order valence-corrected chi connectivity index (χ4v) is 1.99. The average molecular weight is 316 g/mol. The maximum atomic E-state index is 13.6. The Morgan fingerprint density at radius 2 is 1.76 bits per heavy atom. The summed E-state index contributed by atoms with van der Waals surface area (Å²) < 4.78 is 41.8. The first-order chi connectivity index (χ1) is 9.95. The molecule has 0 bridgehead atoms. The number of hydrogen-bond acceptors (Lipinski definition) is 2. The van der Waals surface area contributed by atoms with Gasteiger partial charge in [0, 0.05) is 22.8 Å². The van der Waals surface area contributed by atoms with Crippen LogP contribution in [0.1, 0.15) is 18.5 Å². The quantitative estimate of drug-likeness (QED) is 0.813. The molecule has 0 aromatic heterocycles. The Bertz CT molecular complexity index is 604. The minimum atomic E-state index is -3.05. The fraction of sp³-hybridized carbons (Fsp3) is 0.200. The van der Waals surface area contributed by atoms with E-state index in [1.807, 2.05) is 19.1 Å². The van der Waals surface area contributed by atoms with E-state index in [1.54, 1.807) is 12.1 Å². The molecule has 0 aliphatic carbocycles. The summed E-state index contributed by atoms with van der Waals surface area (Å²) >= 11 is 5.81. The Labute approximate surface area is 125 Å². The molecular formula is C15H13ClF3NO. The van der Waals surface area contributed by atoms with Gasteiger partial charge in [-0.1, -0.05) is 23.7 Å². The Morgan fingerprint density at radius 3 is 2.33 bits per heavy atom. The number of rotatable bonds is 5. The van der Waals surface area contributed by atoms with Gasteiger partial charge in [0.1, 0.15) is 0 Å². The first kappa shape index (κ1) is 15.5. The molecule has 0 amide bonds. The van der Waals surface area contributed by atoms with Crippen molar-refractivity contribution in [3.05, 3.63) is 58.9 Å². The minimum Gasteiger partial charge on any atom is -0.432 e. The number of nitrogens with one attached hydrogen (secondary N) is 1. The molecule has 6 heteroatoms. The third-order valence-corrected chi connectivity index (χ3v) is 3.15. The summed E-state index contributed by atoms with van der Waals surface area (Å²) in [5.74, 6) is -1.32. The molecule has 21 heavy (non-hydrogen) atoms. The standard InChI is InChI=1S/C15H13ClF3NO/c1-9(10-2-4-11(16)5-3-10)20-12-6-7-14(13(17)8-12)21-15(18)19/h2-9,15,20H,1H3. The van der Waals surface area contributed by atoms with E-state index in [0.717, 1.165) is 11.6 Å². The number of anilines is 1. The summed E-state index contributed by atoms with van der Waals surface area (Å²) in [6.45, 7) is -1.16. The Balaban J connectivity index is 2.09. The summed E-state index contributed by atoms with van der Waals surface area (Å²) in [5, 5.41) is 3.70. The summed E-state index contributed by atoms with van der Waals surface area (Å²) in [6, 6.07) is 10.9. The normalized spacial score (nSPS) is 12.3. The van der Waals surface area contributed by atoms with Gasteiger partial charge in [-0.15, -0.1) is 0 Å². The lowest BCUT2D eigenvalue weighted by atomic mass is 10.1. The summed E-state index contributed by atoms with van der Waals surface area (Å²) in [4.78, 5) is 0. The molecule has 2 aromatic carbocycles. The molecule has 2 aromatic rings. The molecule has 0 aliphatic rings. The highest BCUT2D eigenvalue weighted by atomic mass is 35.5. The molecule has 0 heterocycles. The van der Waals surface area contributed by atoms with E-state index in [-0.39, 0.29) is 6.04 Å². The van der Waals surface area contributed by atoms with Crippen LogP contribution < -0.4 is 10.1 Å². The van der Waals surface area contributed by atoms with Gasteiger partial charge in [0.25, 0.3) is 0 Å². The molecule has 2 rings (SSSR count). The van der Waals surface area contributed by atoms with Crippen LogP contribution in [-0.4, -0.2) is 6.61 Å². The zero-order valence-electron chi connectivity index (χ0n) is 11.1. The van der Waals surface area contributed by atoms with Crippen molar-refractivity contribution in [2.75, 3.05) is 5.32 Å². The highest BCUT2D eigenvalue weighted by molar-refractivity contribution is 6.30. The SMILES string of the molecule is CC(Nc1ccc(OC(F)F)c(F)c1)c1ccc(Cl)cc1. The molecular weight excluding hydrogens is 303 g/mol. The van der Waals surface area contributed by atoms with Crippen molar-refractivity contribution in [1.82, 2.24) is 0 Å². The fourth-order valence-electron chi connectivity index (χ4n) is 1.87. The van der Waals surface area contributed by atoms with Crippen molar-refractivity contribution in [3.8, 4) is 5.75 Å². The third-order valence-electron chi connectivity index (χ3n) is 2.90. The van der Waals surface area contributed by atoms with Gasteiger partial charge in [0.2, 0.25) is 0 Å². The highest BCUT2D eigenvalue weighted by Crippen LogP contribution is 2.26. The lowest BCUT2D eigenvalue weighted by Gasteiger charge is -2.16. The van der Waals surface area contributed by atoms with E-state index in [1.165, 1.54) is 12.1 Å². The lowest BCUT2D eigenvalue weighted by molar-refractivity contribution is -0.0521. The first-order valence-electron chi connectivity index (χ1n) is 6.22. The number of benzene rings is 2. The van der Waals surface area contributed by atoms with E-state index in [4.69, 9.17) is 11.6 Å². The minimum absolute atomic E-state index is 0.0940. The topological polar surface area (TPSA) is 21.3 Å². The van der Waals surface area contributed by atoms with Gasteiger partial charge in [-0.2, -0.15) is 8.78 Å². The van der Waals surface area contributed by atoms with Crippen molar-refractivity contribution < 1.29 is 17.9 Å². The second-order valence-electron chi connectivity index (χ2n) is 4.44. The van der Waals surface area contributed by atoms with Crippen LogP contribution in [0.25, 0.3) is 0 Å². The van der Waals surface area contributed by atoms with Crippen LogP contribution in [0.15, 0.2) is 42.5 Å². The van der Waals surface area contributed by atoms with Crippen LogP contribution in [0.3, 0.4) is 0 Å². The molecule has 0 aliphatic heterocycles. The van der Waals surface area contributed by atoms with Gasteiger partial charge in [0.15, 0.2) is 11.6 Å². The second kappa shape index (κ2) is 6.72. The molecule has 1 atom stereocenters. The number of ether oxygens (including phenoxy) is 1. The van der Waals surface area contributed by atoms with Crippen molar-refractivity contribution >= 4 is 17.3 Å². The van der Waals surface area contributed by atoms with Gasteiger partial charge in [0.05, 0.1) is 0 Å². The van der Waals surface area contributed by atoms with Crippen LogP contribution in [0, 0.1) is 5.82 Å². The zero-order chi connectivity index (χ0) is 15.4. The van der Waals surface area contributed by atoms with Gasteiger partial charge >= 0.3 is 6.61 Å². The lowest BCUT2D eigenvalue weighted by Crippen LogP contribution is -2.08. The van der Waals surface area contributed by atoms with Crippen LogP contribution in [0.5, 0.6) is 5.75 Å². The number of halogens is 4. The molecule has 0 spiro atoms. The van der Waals surface area contributed by atoms with Crippen molar-refractivity contribution in [2.24, 2.45) is 0 Å². The van der Waals surface area contributed by atoms with Crippen molar-refractivity contribution in [3.63, 3.8) is 0 Å². The van der Waals surface area contributed by atoms with E-state index in [2.05, 4.69) is 10.1 Å². The third kappa shape index (κ3) is 4.29. The maximum absolute atomic E-state index is 13.6. The van der Waals surface area contributed by atoms with Gasteiger partial charge < -0.3 is 10.1 Å².